The average molecular weight is 176 g/mol. The molecule has 0 bridgehead atoms. The number of hydrogen-bond acceptors (Lipinski definition) is 2. The maximum absolute atomic E-state index is 10.7. The Morgan fingerprint density at radius 2 is 2.31 bits per heavy atom. The van der Waals surface area contributed by atoms with E-state index in [0.29, 0.717) is 6.42 Å². The van der Waals surface area contributed by atoms with Crippen molar-refractivity contribution in [2.75, 3.05) is 0 Å². The first-order chi connectivity index (χ1) is 6.27. The van der Waals surface area contributed by atoms with Gasteiger partial charge in [0.25, 0.3) is 0 Å². The lowest BCUT2D eigenvalue weighted by Crippen LogP contribution is -2.21. The highest BCUT2D eigenvalue weighted by molar-refractivity contribution is 5.75. The Morgan fingerprint density at radius 3 is 3.08 bits per heavy atom. The summed E-state index contributed by atoms with van der Waals surface area (Å²) in [5.41, 5.74) is 7.63. The van der Waals surface area contributed by atoms with Crippen LogP contribution < -0.4 is 11.1 Å². The summed E-state index contributed by atoms with van der Waals surface area (Å²) in [5, 5.41) is 3.25. The zero-order valence-electron chi connectivity index (χ0n) is 7.29. The quantitative estimate of drug-likeness (QED) is 0.697. The molecule has 68 valence electrons. The van der Waals surface area contributed by atoms with Crippen LogP contribution >= 0.6 is 0 Å². The summed E-state index contributed by atoms with van der Waals surface area (Å²) in [5.74, 6) is -0.255. The summed E-state index contributed by atoms with van der Waals surface area (Å²) in [6, 6.07) is 8.23. The number of primary amides is 1. The molecule has 0 spiro atoms. The van der Waals surface area contributed by atoms with Crippen molar-refractivity contribution in [2.24, 2.45) is 5.73 Å². The zero-order chi connectivity index (χ0) is 9.26. The van der Waals surface area contributed by atoms with Gasteiger partial charge in [-0.3, -0.25) is 4.79 Å². The van der Waals surface area contributed by atoms with Gasteiger partial charge in [-0.05, 0) is 11.1 Å². The topological polar surface area (TPSA) is 55.1 Å². The Hall–Kier alpha value is -1.35. The molecule has 13 heavy (non-hydrogen) atoms. The number of rotatable bonds is 2. The van der Waals surface area contributed by atoms with Crippen LogP contribution in [0.15, 0.2) is 24.3 Å². The van der Waals surface area contributed by atoms with E-state index >= 15 is 0 Å². The first-order valence-corrected chi connectivity index (χ1v) is 4.37. The van der Waals surface area contributed by atoms with Gasteiger partial charge in [0, 0.05) is 19.0 Å². The minimum absolute atomic E-state index is 0.119. The number of nitrogens with one attached hydrogen (secondary N) is 1. The second-order valence-corrected chi connectivity index (χ2v) is 3.30. The van der Waals surface area contributed by atoms with Crippen molar-refractivity contribution in [3.63, 3.8) is 0 Å². The summed E-state index contributed by atoms with van der Waals surface area (Å²) in [6.45, 7) is 0.841. The number of amides is 1. The van der Waals surface area contributed by atoms with E-state index < -0.39 is 0 Å². The highest BCUT2D eigenvalue weighted by Crippen LogP contribution is 2.26. The van der Waals surface area contributed by atoms with Crippen molar-refractivity contribution >= 4 is 5.91 Å². The molecule has 1 aromatic carbocycles. The summed E-state index contributed by atoms with van der Waals surface area (Å²) in [7, 11) is 0. The molecule has 1 heterocycles. The van der Waals surface area contributed by atoms with E-state index in [1.54, 1.807) is 0 Å². The second kappa shape index (κ2) is 3.18. The van der Waals surface area contributed by atoms with Crippen LogP contribution in [0.2, 0.25) is 0 Å². The molecule has 1 atom stereocenters. The minimum Gasteiger partial charge on any atom is -0.370 e. The molecule has 0 saturated heterocycles. The Labute approximate surface area is 76.9 Å². The molecule has 0 fully saturated rings. The number of fused-ring (bicyclic) bond motifs is 1. The Kier molecular flexibility index (Phi) is 2.02. The fourth-order valence-electron chi connectivity index (χ4n) is 1.76. The van der Waals surface area contributed by atoms with Crippen LogP contribution in [0.5, 0.6) is 0 Å². The van der Waals surface area contributed by atoms with Gasteiger partial charge in [-0.1, -0.05) is 24.3 Å². The molecule has 3 N–H and O–H groups in total. The molecule has 1 aliphatic rings. The molecule has 1 amide bonds. The molecular formula is C10H12N2O. The lowest BCUT2D eigenvalue weighted by molar-refractivity contribution is -0.118. The van der Waals surface area contributed by atoms with Crippen molar-refractivity contribution in [3.05, 3.63) is 35.4 Å². The van der Waals surface area contributed by atoms with Crippen LogP contribution in [0.1, 0.15) is 23.6 Å². The largest absolute Gasteiger partial charge is 0.370 e. The van der Waals surface area contributed by atoms with Gasteiger partial charge >= 0.3 is 0 Å². The van der Waals surface area contributed by atoms with Gasteiger partial charge in [-0.15, -0.1) is 0 Å². The summed E-state index contributed by atoms with van der Waals surface area (Å²) in [6.07, 6.45) is 0.386. The van der Waals surface area contributed by atoms with Gasteiger partial charge in [-0.25, -0.2) is 0 Å². The number of hydrogen-bond donors (Lipinski definition) is 2. The van der Waals surface area contributed by atoms with Crippen molar-refractivity contribution < 1.29 is 4.79 Å². The monoisotopic (exact) mass is 176 g/mol. The highest BCUT2D eigenvalue weighted by atomic mass is 16.1. The Balaban J connectivity index is 2.23. The fraction of sp³-hybridized carbons (Fsp3) is 0.300. The van der Waals surface area contributed by atoms with Crippen LogP contribution in [0.3, 0.4) is 0 Å². The molecule has 0 aromatic heterocycles. The predicted octanol–water partition coefficient (Wildman–Crippen LogP) is 0.706. The minimum atomic E-state index is -0.255. The molecule has 3 heteroatoms. The predicted molar refractivity (Wildman–Crippen MR) is 49.8 cm³/mol. The van der Waals surface area contributed by atoms with Crippen molar-refractivity contribution in [2.45, 2.75) is 19.0 Å². The molecule has 1 aliphatic heterocycles. The SMILES string of the molecule is NC(=O)CC1NCc2ccccc21. The van der Waals surface area contributed by atoms with Crippen LogP contribution in [0, 0.1) is 0 Å². The van der Waals surface area contributed by atoms with E-state index in [4.69, 9.17) is 5.73 Å². The standard InChI is InChI=1S/C10H12N2O/c11-10(13)5-9-8-4-2-1-3-7(8)6-12-9/h1-4,9,12H,5-6H2,(H2,11,13). The Bertz CT molecular complexity index is 335. The maximum Gasteiger partial charge on any atom is 0.219 e. The molecule has 1 unspecified atom stereocenters. The molecule has 0 aliphatic carbocycles. The summed E-state index contributed by atoms with van der Waals surface area (Å²) < 4.78 is 0. The molecule has 0 radical (unpaired) electrons. The highest BCUT2D eigenvalue weighted by Gasteiger charge is 2.22. The van der Waals surface area contributed by atoms with Crippen LogP contribution in [0.25, 0.3) is 0 Å². The first-order valence-electron chi connectivity index (χ1n) is 4.37. The third-order valence-electron chi connectivity index (χ3n) is 2.37. The zero-order valence-corrected chi connectivity index (χ0v) is 7.29. The first kappa shape index (κ1) is 8.26. The normalized spacial score (nSPS) is 19.8. The van der Waals surface area contributed by atoms with E-state index in [1.165, 1.54) is 11.1 Å². The van der Waals surface area contributed by atoms with E-state index in [9.17, 15) is 4.79 Å². The lowest BCUT2D eigenvalue weighted by atomic mass is 10.0. The van der Waals surface area contributed by atoms with Gasteiger partial charge in [0.1, 0.15) is 0 Å². The van der Waals surface area contributed by atoms with Gasteiger partial charge < -0.3 is 11.1 Å². The van der Waals surface area contributed by atoms with Crippen LogP contribution in [-0.2, 0) is 11.3 Å². The maximum atomic E-state index is 10.7. The number of carbonyl (C=O) groups is 1. The van der Waals surface area contributed by atoms with E-state index in [2.05, 4.69) is 11.4 Å². The van der Waals surface area contributed by atoms with Crippen molar-refractivity contribution in [3.8, 4) is 0 Å². The Morgan fingerprint density at radius 1 is 1.54 bits per heavy atom. The molecule has 2 rings (SSSR count). The summed E-state index contributed by atoms with van der Waals surface area (Å²) in [4.78, 5) is 10.7. The van der Waals surface area contributed by atoms with E-state index in [-0.39, 0.29) is 11.9 Å². The third kappa shape index (κ3) is 1.55. The molecule has 1 aromatic rings. The second-order valence-electron chi connectivity index (χ2n) is 3.30. The molecular weight excluding hydrogens is 164 g/mol. The van der Waals surface area contributed by atoms with Gasteiger partial charge in [0.05, 0.1) is 0 Å². The fourth-order valence-corrected chi connectivity index (χ4v) is 1.76. The smallest absolute Gasteiger partial charge is 0.219 e. The van der Waals surface area contributed by atoms with Gasteiger partial charge in [0.15, 0.2) is 0 Å². The van der Waals surface area contributed by atoms with E-state index in [1.807, 2.05) is 18.2 Å². The van der Waals surface area contributed by atoms with E-state index in [0.717, 1.165) is 6.54 Å². The molecule has 0 saturated carbocycles. The van der Waals surface area contributed by atoms with Crippen molar-refractivity contribution in [1.82, 2.24) is 5.32 Å². The summed E-state index contributed by atoms with van der Waals surface area (Å²) >= 11 is 0. The molecule has 3 nitrogen and oxygen atoms in total. The van der Waals surface area contributed by atoms with Crippen molar-refractivity contribution in [1.29, 1.82) is 0 Å². The van der Waals surface area contributed by atoms with Gasteiger partial charge in [-0.2, -0.15) is 0 Å². The van der Waals surface area contributed by atoms with Crippen LogP contribution in [0.4, 0.5) is 0 Å². The van der Waals surface area contributed by atoms with Gasteiger partial charge in [0.2, 0.25) is 5.91 Å². The lowest BCUT2D eigenvalue weighted by Gasteiger charge is -2.08. The average Bonchev–Trinajstić information content (AvgIpc) is 2.48. The van der Waals surface area contributed by atoms with Crippen LogP contribution in [-0.4, -0.2) is 5.91 Å². The number of carbonyl (C=O) groups excluding carboxylic acids is 1. The number of nitrogens with two attached hydrogens (primary N) is 1. The third-order valence-corrected chi connectivity index (χ3v) is 2.37. The number of benzene rings is 1.